The highest BCUT2D eigenvalue weighted by molar-refractivity contribution is 5.97. The standard InChI is InChI=1S/C12H12N2O/c1-2-6-14-12(15)10-4-3-9-5-7-13-11(9)8-10/h2-5,7-8,13H,1,6H2,(H,14,15). The molecule has 0 atom stereocenters. The van der Waals surface area contributed by atoms with Gasteiger partial charge in [0.2, 0.25) is 0 Å². The molecule has 2 N–H and O–H groups in total. The molecule has 3 heteroatoms. The predicted octanol–water partition coefficient (Wildman–Crippen LogP) is 2.08. The molecule has 0 bridgehead atoms. The molecule has 0 aliphatic carbocycles. The maximum Gasteiger partial charge on any atom is 0.251 e. The highest BCUT2D eigenvalue weighted by atomic mass is 16.1. The average molecular weight is 200 g/mol. The van der Waals surface area contributed by atoms with E-state index in [4.69, 9.17) is 0 Å². The van der Waals surface area contributed by atoms with Crippen molar-refractivity contribution in [3.05, 3.63) is 48.7 Å². The van der Waals surface area contributed by atoms with Crippen LogP contribution in [0.15, 0.2) is 43.1 Å². The minimum atomic E-state index is -0.0774. The second-order valence-corrected chi connectivity index (χ2v) is 3.28. The number of aromatic amines is 1. The van der Waals surface area contributed by atoms with Gasteiger partial charge >= 0.3 is 0 Å². The van der Waals surface area contributed by atoms with Crippen molar-refractivity contribution >= 4 is 16.8 Å². The molecule has 1 heterocycles. The number of amides is 1. The summed E-state index contributed by atoms with van der Waals surface area (Å²) in [4.78, 5) is 14.7. The van der Waals surface area contributed by atoms with Crippen molar-refractivity contribution in [1.82, 2.24) is 10.3 Å². The minimum Gasteiger partial charge on any atom is -0.361 e. The van der Waals surface area contributed by atoms with Gasteiger partial charge in [0.15, 0.2) is 0 Å². The van der Waals surface area contributed by atoms with E-state index >= 15 is 0 Å². The first kappa shape index (κ1) is 9.52. The normalized spacial score (nSPS) is 10.1. The molecule has 3 nitrogen and oxygen atoms in total. The summed E-state index contributed by atoms with van der Waals surface area (Å²) in [5, 5.41) is 3.84. The van der Waals surface area contributed by atoms with Gasteiger partial charge in [-0.3, -0.25) is 4.79 Å². The molecule has 0 spiro atoms. The number of hydrogen-bond acceptors (Lipinski definition) is 1. The fourth-order valence-electron chi connectivity index (χ4n) is 1.46. The van der Waals surface area contributed by atoms with Gasteiger partial charge in [-0.25, -0.2) is 0 Å². The van der Waals surface area contributed by atoms with Crippen molar-refractivity contribution in [2.24, 2.45) is 0 Å². The van der Waals surface area contributed by atoms with E-state index < -0.39 is 0 Å². The van der Waals surface area contributed by atoms with Gasteiger partial charge < -0.3 is 10.3 Å². The van der Waals surface area contributed by atoms with Crippen LogP contribution in [0.5, 0.6) is 0 Å². The van der Waals surface area contributed by atoms with Gasteiger partial charge in [-0.15, -0.1) is 6.58 Å². The van der Waals surface area contributed by atoms with Crippen LogP contribution in [-0.4, -0.2) is 17.4 Å². The molecule has 0 aliphatic heterocycles. The summed E-state index contributed by atoms with van der Waals surface area (Å²) < 4.78 is 0. The summed E-state index contributed by atoms with van der Waals surface area (Å²) >= 11 is 0. The molecule has 1 aromatic carbocycles. The Balaban J connectivity index is 2.27. The van der Waals surface area contributed by atoms with Crippen LogP contribution in [0, 0.1) is 0 Å². The zero-order valence-corrected chi connectivity index (χ0v) is 8.29. The van der Waals surface area contributed by atoms with Crippen molar-refractivity contribution < 1.29 is 4.79 Å². The van der Waals surface area contributed by atoms with E-state index in [1.165, 1.54) is 0 Å². The summed E-state index contributed by atoms with van der Waals surface area (Å²) in [5.74, 6) is -0.0774. The quantitative estimate of drug-likeness (QED) is 0.732. The van der Waals surface area contributed by atoms with Crippen LogP contribution in [0.1, 0.15) is 10.4 Å². The van der Waals surface area contributed by atoms with Crippen LogP contribution in [0.3, 0.4) is 0 Å². The maximum absolute atomic E-state index is 11.6. The van der Waals surface area contributed by atoms with Crippen molar-refractivity contribution in [3.63, 3.8) is 0 Å². The van der Waals surface area contributed by atoms with E-state index in [-0.39, 0.29) is 5.91 Å². The molecule has 0 saturated heterocycles. The zero-order valence-electron chi connectivity index (χ0n) is 8.29. The summed E-state index contributed by atoms with van der Waals surface area (Å²) in [7, 11) is 0. The molecular formula is C12H12N2O. The van der Waals surface area contributed by atoms with Crippen LogP contribution in [0.4, 0.5) is 0 Å². The van der Waals surface area contributed by atoms with Gasteiger partial charge in [0.1, 0.15) is 0 Å². The number of aromatic nitrogens is 1. The number of fused-ring (bicyclic) bond motifs is 1. The molecular weight excluding hydrogens is 188 g/mol. The van der Waals surface area contributed by atoms with Gasteiger partial charge in [-0.2, -0.15) is 0 Å². The van der Waals surface area contributed by atoms with Gasteiger partial charge in [-0.1, -0.05) is 12.1 Å². The summed E-state index contributed by atoms with van der Waals surface area (Å²) in [5.41, 5.74) is 1.63. The molecule has 15 heavy (non-hydrogen) atoms. The molecule has 0 fully saturated rings. The van der Waals surface area contributed by atoms with E-state index in [0.29, 0.717) is 12.1 Å². The monoisotopic (exact) mass is 200 g/mol. The van der Waals surface area contributed by atoms with E-state index in [9.17, 15) is 4.79 Å². The second kappa shape index (κ2) is 4.00. The van der Waals surface area contributed by atoms with Gasteiger partial charge in [0.05, 0.1) is 0 Å². The lowest BCUT2D eigenvalue weighted by molar-refractivity contribution is 0.0958. The van der Waals surface area contributed by atoms with Crippen molar-refractivity contribution in [2.45, 2.75) is 0 Å². The van der Waals surface area contributed by atoms with Crippen molar-refractivity contribution in [3.8, 4) is 0 Å². The minimum absolute atomic E-state index is 0.0774. The van der Waals surface area contributed by atoms with Crippen molar-refractivity contribution in [1.29, 1.82) is 0 Å². The number of rotatable bonds is 3. The number of carbonyl (C=O) groups excluding carboxylic acids is 1. The molecule has 0 saturated carbocycles. The molecule has 1 amide bonds. The van der Waals surface area contributed by atoms with E-state index in [1.807, 2.05) is 30.5 Å². The summed E-state index contributed by atoms with van der Waals surface area (Å²) in [6.45, 7) is 4.03. The Morgan fingerprint density at radius 1 is 1.47 bits per heavy atom. The predicted molar refractivity (Wildman–Crippen MR) is 60.8 cm³/mol. The van der Waals surface area contributed by atoms with E-state index in [2.05, 4.69) is 16.9 Å². The summed E-state index contributed by atoms with van der Waals surface area (Å²) in [6, 6.07) is 7.55. The Bertz CT molecular complexity index is 499. The fourth-order valence-corrected chi connectivity index (χ4v) is 1.46. The van der Waals surface area contributed by atoms with Gasteiger partial charge in [0, 0.05) is 23.8 Å². The third kappa shape index (κ3) is 1.91. The van der Waals surface area contributed by atoms with Crippen LogP contribution in [-0.2, 0) is 0 Å². The fraction of sp³-hybridized carbons (Fsp3) is 0.0833. The first-order chi connectivity index (χ1) is 7.31. The Labute approximate surface area is 87.8 Å². The van der Waals surface area contributed by atoms with Crippen LogP contribution in [0.25, 0.3) is 10.9 Å². The van der Waals surface area contributed by atoms with E-state index in [1.54, 1.807) is 6.08 Å². The SMILES string of the molecule is C=CCNC(=O)c1ccc2cc[nH]c2c1. The lowest BCUT2D eigenvalue weighted by Crippen LogP contribution is -2.22. The average Bonchev–Trinajstić information content (AvgIpc) is 2.72. The number of H-pyrrole nitrogens is 1. The third-order valence-electron chi connectivity index (χ3n) is 2.22. The van der Waals surface area contributed by atoms with Crippen LogP contribution in [0.2, 0.25) is 0 Å². The third-order valence-corrected chi connectivity index (χ3v) is 2.22. The lowest BCUT2D eigenvalue weighted by atomic mass is 10.1. The topological polar surface area (TPSA) is 44.9 Å². The van der Waals surface area contributed by atoms with Crippen LogP contribution < -0.4 is 5.32 Å². The van der Waals surface area contributed by atoms with Gasteiger partial charge in [0.25, 0.3) is 5.91 Å². The molecule has 0 aliphatic rings. The number of carbonyl (C=O) groups is 1. The Kier molecular flexibility index (Phi) is 2.54. The first-order valence-electron chi connectivity index (χ1n) is 4.77. The largest absolute Gasteiger partial charge is 0.361 e. The lowest BCUT2D eigenvalue weighted by Gasteiger charge is -2.01. The highest BCUT2D eigenvalue weighted by Gasteiger charge is 2.04. The van der Waals surface area contributed by atoms with Crippen LogP contribution >= 0.6 is 0 Å². The number of hydrogen-bond donors (Lipinski definition) is 2. The number of nitrogens with one attached hydrogen (secondary N) is 2. The smallest absolute Gasteiger partial charge is 0.251 e. The molecule has 76 valence electrons. The zero-order chi connectivity index (χ0) is 10.7. The summed E-state index contributed by atoms with van der Waals surface area (Å²) in [6.07, 6.45) is 3.52. The second-order valence-electron chi connectivity index (χ2n) is 3.28. The molecule has 0 radical (unpaired) electrons. The molecule has 0 unspecified atom stereocenters. The Morgan fingerprint density at radius 2 is 2.33 bits per heavy atom. The first-order valence-corrected chi connectivity index (χ1v) is 4.77. The van der Waals surface area contributed by atoms with Crippen molar-refractivity contribution in [2.75, 3.05) is 6.54 Å². The van der Waals surface area contributed by atoms with E-state index in [0.717, 1.165) is 10.9 Å². The Hall–Kier alpha value is -2.03. The molecule has 2 aromatic rings. The number of benzene rings is 1. The Morgan fingerprint density at radius 3 is 3.13 bits per heavy atom. The maximum atomic E-state index is 11.6. The molecule has 1 aromatic heterocycles. The highest BCUT2D eigenvalue weighted by Crippen LogP contribution is 2.13. The van der Waals surface area contributed by atoms with Gasteiger partial charge in [-0.05, 0) is 23.6 Å². The molecule has 2 rings (SSSR count).